The Balaban J connectivity index is 1.89. The lowest BCUT2D eigenvalue weighted by molar-refractivity contribution is -0.129. The Kier molecular flexibility index (Phi) is 8.87. The minimum Gasteiger partial charge on any atom is -0.342 e. The summed E-state index contributed by atoms with van der Waals surface area (Å²) < 4.78 is 0. The molecule has 5 heteroatoms. The van der Waals surface area contributed by atoms with Gasteiger partial charge in [-0.3, -0.25) is 9.59 Å². The number of amides is 2. The number of nitrogens with zero attached hydrogens (tertiary/aromatic N) is 1. The number of carbonyl (C=O) groups is 2. The Morgan fingerprint density at radius 3 is 2.14 bits per heavy atom. The molecule has 1 N–H and O–H groups in total. The zero-order valence-corrected chi connectivity index (χ0v) is 18.9. The molecule has 4 nitrogen and oxygen atoms in total. The maximum absolute atomic E-state index is 12.6. The van der Waals surface area contributed by atoms with E-state index < -0.39 is 0 Å². The fourth-order valence-electron chi connectivity index (χ4n) is 3.88. The van der Waals surface area contributed by atoms with Crippen molar-refractivity contribution in [3.05, 3.63) is 29.3 Å². The molecule has 1 aliphatic carbocycles. The number of carbonyl (C=O) groups excluding carboxylic acids is 2. The van der Waals surface area contributed by atoms with Crippen LogP contribution in [-0.4, -0.2) is 41.3 Å². The maximum Gasteiger partial charge on any atom is 0.234 e. The molecule has 1 saturated carbocycles. The quantitative estimate of drug-likeness (QED) is 0.631. The first-order valence-electron chi connectivity index (χ1n) is 10.6. The minimum atomic E-state index is -0.0341. The highest BCUT2D eigenvalue weighted by atomic mass is 32.2. The van der Waals surface area contributed by atoms with Crippen molar-refractivity contribution in [3.63, 3.8) is 0 Å². The van der Waals surface area contributed by atoms with Crippen molar-refractivity contribution in [2.45, 2.75) is 77.7 Å². The van der Waals surface area contributed by atoms with E-state index >= 15 is 0 Å². The van der Waals surface area contributed by atoms with Crippen molar-refractivity contribution in [2.75, 3.05) is 23.9 Å². The van der Waals surface area contributed by atoms with E-state index in [4.69, 9.17) is 0 Å². The molecule has 2 rings (SSSR count). The number of anilines is 1. The zero-order valence-electron chi connectivity index (χ0n) is 18.1. The van der Waals surface area contributed by atoms with Gasteiger partial charge in [-0.25, -0.2) is 0 Å². The lowest BCUT2D eigenvalue weighted by atomic mass is 9.92. The minimum absolute atomic E-state index is 0.0341. The third kappa shape index (κ3) is 6.26. The third-order valence-corrected chi connectivity index (χ3v) is 6.53. The molecule has 1 aromatic rings. The molecule has 0 spiro atoms. The van der Waals surface area contributed by atoms with Crippen LogP contribution in [-0.2, 0) is 9.59 Å². The first-order valence-corrected chi connectivity index (χ1v) is 11.7. The summed E-state index contributed by atoms with van der Waals surface area (Å²) in [5, 5.41) is 3.12. The normalized spacial score (nSPS) is 15.1. The van der Waals surface area contributed by atoms with Crippen LogP contribution in [0.15, 0.2) is 18.2 Å². The number of hydrogen-bond acceptors (Lipinski definition) is 3. The van der Waals surface area contributed by atoms with Crippen LogP contribution in [0.1, 0.15) is 82.8 Å². The molecule has 0 aromatic heterocycles. The number of para-hydroxylation sites is 1. The highest BCUT2D eigenvalue weighted by Gasteiger charge is 2.22. The van der Waals surface area contributed by atoms with Crippen molar-refractivity contribution < 1.29 is 9.59 Å². The summed E-state index contributed by atoms with van der Waals surface area (Å²) in [4.78, 5) is 26.9. The van der Waals surface area contributed by atoms with E-state index in [-0.39, 0.29) is 11.8 Å². The van der Waals surface area contributed by atoms with Gasteiger partial charge in [-0.1, -0.05) is 65.2 Å². The highest BCUT2D eigenvalue weighted by Crippen LogP contribution is 2.32. The van der Waals surface area contributed by atoms with Crippen LogP contribution < -0.4 is 5.32 Å². The van der Waals surface area contributed by atoms with Crippen molar-refractivity contribution in [1.82, 2.24) is 4.90 Å². The van der Waals surface area contributed by atoms with E-state index in [9.17, 15) is 9.59 Å². The summed E-state index contributed by atoms with van der Waals surface area (Å²) in [6.45, 7) is 8.57. The molecule has 1 aromatic carbocycles. The second-order valence-electron chi connectivity index (χ2n) is 8.46. The van der Waals surface area contributed by atoms with Gasteiger partial charge in [0.2, 0.25) is 11.8 Å². The van der Waals surface area contributed by atoms with E-state index in [2.05, 4.69) is 51.2 Å². The third-order valence-electron chi connectivity index (χ3n) is 5.61. The SMILES string of the molecule is CC(C)c1cccc(C(C)C)c1NC(=O)CSCC(=O)N(C)C1CCCCC1. The lowest BCUT2D eigenvalue weighted by Gasteiger charge is -2.31. The maximum atomic E-state index is 12.6. The molecule has 1 fully saturated rings. The first-order chi connectivity index (χ1) is 13.3. The molecule has 2 amide bonds. The fourth-order valence-corrected chi connectivity index (χ4v) is 4.61. The summed E-state index contributed by atoms with van der Waals surface area (Å²) in [5.41, 5.74) is 3.28. The van der Waals surface area contributed by atoms with Gasteiger partial charge >= 0.3 is 0 Å². The molecule has 0 radical (unpaired) electrons. The monoisotopic (exact) mass is 404 g/mol. The fraction of sp³-hybridized carbons (Fsp3) is 0.652. The van der Waals surface area contributed by atoms with E-state index in [0.717, 1.165) is 29.7 Å². The number of benzene rings is 1. The Bertz CT molecular complexity index is 640. The van der Waals surface area contributed by atoms with Gasteiger partial charge < -0.3 is 10.2 Å². The Morgan fingerprint density at radius 1 is 1.04 bits per heavy atom. The van der Waals surface area contributed by atoms with Gasteiger partial charge in [0.25, 0.3) is 0 Å². The molecule has 0 unspecified atom stereocenters. The van der Waals surface area contributed by atoms with Crippen LogP contribution in [0.5, 0.6) is 0 Å². The van der Waals surface area contributed by atoms with Crippen LogP contribution in [0.4, 0.5) is 5.69 Å². The summed E-state index contributed by atoms with van der Waals surface area (Å²) in [5.74, 6) is 1.44. The predicted octanol–water partition coefficient (Wildman–Crippen LogP) is 5.40. The molecule has 28 heavy (non-hydrogen) atoms. The largest absolute Gasteiger partial charge is 0.342 e. The van der Waals surface area contributed by atoms with Crippen LogP contribution in [0, 0.1) is 0 Å². The standard InChI is InChI=1S/C23H36N2O2S/c1-16(2)19-12-9-13-20(17(3)4)23(19)24-21(26)14-28-15-22(27)25(5)18-10-7-6-8-11-18/h9,12-13,16-18H,6-8,10-11,14-15H2,1-5H3,(H,24,26). The summed E-state index contributed by atoms with van der Waals surface area (Å²) in [6.07, 6.45) is 5.93. The smallest absolute Gasteiger partial charge is 0.234 e. The number of nitrogens with one attached hydrogen (secondary N) is 1. The average Bonchev–Trinajstić information content (AvgIpc) is 2.67. The number of hydrogen-bond donors (Lipinski definition) is 1. The van der Waals surface area contributed by atoms with Gasteiger partial charge in [0.05, 0.1) is 11.5 Å². The summed E-state index contributed by atoms with van der Waals surface area (Å²) in [6, 6.07) is 6.61. The van der Waals surface area contributed by atoms with Crippen molar-refractivity contribution in [1.29, 1.82) is 0 Å². The van der Waals surface area contributed by atoms with Crippen molar-refractivity contribution in [3.8, 4) is 0 Å². The molecule has 0 bridgehead atoms. The zero-order chi connectivity index (χ0) is 20.7. The predicted molar refractivity (Wildman–Crippen MR) is 120 cm³/mol. The molecule has 0 heterocycles. The molecule has 0 atom stereocenters. The van der Waals surface area contributed by atoms with Gasteiger partial charge in [-0.05, 0) is 35.8 Å². The Labute approximate surface area is 174 Å². The van der Waals surface area contributed by atoms with Crippen LogP contribution in [0.25, 0.3) is 0 Å². The molecule has 0 aliphatic heterocycles. The molecular formula is C23H36N2O2S. The average molecular weight is 405 g/mol. The van der Waals surface area contributed by atoms with Crippen LogP contribution >= 0.6 is 11.8 Å². The van der Waals surface area contributed by atoms with E-state index in [1.807, 2.05) is 11.9 Å². The van der Waals surface area contributed by atoms with Gasteiger partial charge in [-0.15, -0.1) is 11.8 Å². The first kappa shape index (κ1) is 22.8. The van der Waals surface area contributed by atoms with Crippen molar-refractivity contribution >= 4 is 29.3 Å². The van der Waals surface area contributed by atoms with Crippen LogP contribution in [0.3, 0.4) is 0 Å². The van der Waals surface area contributed by atoms with Gasteiger partial charge in [-0.2, -0.15) is 0 Å². The highest BCUT2D eigenvalue weighted by molar-refractivity contribution is 8.00. The second kappa shape index (κ2) is 10.9. The topological polar surface area (TPSA) is 49.4 Å². The Morgan fingerprint density at radius 2 is 1.61 bits per heavy atom. The summed E-state index contributed by atoms with van der Waals surface area (Å²) >= 11 is 1.41. The molecule has 1 aliphatic rings. The van der Waals surface area contributed by atoms with E-state index in [1.54, 1.807) is 0 Å². The van der Waals surface area contributed by atoms with Gasteiger partial charge in [0.15, 0.2) is 0 Å². The van der Waals surface area contributed by atoms with Gasteiger partial charge in [0, 0.05) is 18.8 Å². The second-order valence-corrected chi connectivity index (χ2v) is 9.44. The Hall–Kier alpha value is -1.49. The molecule has 0 saturated heterocycles. The lowest BCUT2D eigenvalue weighted by Crippen LogP contribution is -2.39. The number of thioether (sulfide) groups is 1. The molecular weight excluding hydrogens is 368 g/mol. The van der Waals surface area contributed by atoms with E-state index in [0.29, 0.717) is 29.4 Å². The summed E-state index contributed by atoms with van der Waals surface area (Å²) in [7, 11) is 1.91. The van der Waals surface area contributed by atoms with Crippen molar-refractivity contribution in [2.24, 2.45) is 0 Å². The molecule has 156 valence electrons. The van der Waals surface area contributed by atoms with E-state index in [1.165, 1.54) is 31.0 Å². The number of rotatable bonds is 8. The van der Waals surface area contributed by atoms with Crippen LogP contribution in [0.2, 0.25) is 0 Å². The van der Waals surface area contributed by atoms with Gasteiger partial charge in [0.1, 0.15) is 0 Å².